The Morgan fingerprint density at radius 3 is 2.82 bits per heavy atom. The number of benzene rings is 2. The third-order valence-corrected chi connectivity index (χ3v) is 4.43. The van der Waals surface area contributed by atoms with E-state index in [1.807, 2.05) is 0 Å². The summed E-state index contributed by atoms with van der Waals surface area (Å²) in [6.45, 7) is 0. The third-order valence-electron chi connectivity index (χ3n) is 4.43. The van der Waals surface area contributed by atoms with Crippen molar-refractivity contribution in [2.45, 2.75) is 0 Å². The van der Waals surface area contributed by atoms with Crippen LogP contribution in [0.5, 0.6) is 5.75 Å². The van der Waals surface area contributed by atoms with Crippen molar-refractivity contribution in [2.75, 3.05) is 12.8 Å². The number of nitro benzene ring substituents is 1. The van der Waals surface area contributed by atoms with Crippen molar-refractivity contribution in [1.82, 2.24) is 30.7 Å². The number of nitro groups is 1. The molecule has 0 fully saturated rings. The maximum absolute atomic E-state index is 12.9. The van der Waals surface area contributed by atoms with E-state index in [0.717, 1.165) is 6.21 Å². The van der Waals surface area contributed by atoms with Crippen molar-refractivity contribution in [3.05, 3.63) is 69.9 Å². The molecule has 0 spiro atoms. The van der Waals surface area contributed by atoms with Crippen LogP contribution in [0.25, 0.3) is 17.1 Å². The average Bonchev–Trinajstić information content (AvgIpc) is 3.45. The summed E-state index contributed by atoms with van der Waals surface area (Å²) < 4.78 is 11.1. The van der Waals surface area contributed by atoms with E-state index < -0.39 is 10.8 Å². The molecule has 166 valence electrons. The molecule has 2 aromatic heterocycles. The average molecular weight is 449 g/mol. The molecule has 14 heteroatoms. The highest BCUT2D eigenvalue weighted by Crippen LogP contribution is 2.29. The Morgan fingerprint density at radius 1 is 1.27 bits per heavy atom. The lowest BCUT2D eigenvalue weighted by molar-refractivity contribution is -0.385. The Morgan fingerprint density at radius 2 is 2.09 bits per heavy atom. The Kier molecular flexibility index (Phi) is 5.71. The van der Waals surface area contributed by atoms with E-state index in [-0.39, 0.29) is 34.3 Å². The maximum atomic E-state index is 12.9. The zero-order valence-electron chi connectivity index (χ0n) is 16.9. The van der Waals surface area contributed by atoms with Crippen LogP contribution < -0.4 is 15.9 Å². The van der Waals surface area contributed by atoms with E-state index in [1.54, 1.807) is 30.3 Å². The van der Waals surface area contributed by atoms with Gasteiger partial charge in [0.2, 0.25) is 11.6 Å². The van der Waals surface area contributed by atoms with E-state index in [4.69, 9.17) is 10.5 Å². The van der Waals surface area contributed by atoms with Crippen molar-refractivity contribution in [3.8, 4) is 22.8 Å². The second-order valence-electron chi connectivity index (χ2n) is 6.42. The lowest BCUT2D eigenvalue weighted by Gasteiger charge is -2.07. The molecule has 33 heavy (non-hydrogen) atoms. The molecule has 0 bridgehead atoms. The standard InChI is InChI=1S/C19H15N9O5/c1-32-13-7-4-6-11(9-13)16-15(22-26-27(16)18-17(20)24-33-25-18)19(29)23-21-10-12-5-2-3-8-14(12)28(30)31/h2-10H,1H3,(H2,20,24)(H,23,29)/b21-10+. The van der Waals surface area contributed by atoms with Crippen molar-refractivity contribution < 1.29 is 19.1 Å². The van der Waals surface area contributed by atoms with Gasteiger partial charge < -0.3 is 10.5 Å². The van der Waals surface area contributed by atoms with Gasteiger partial charge in [-0.15, -0.1) is 5.10 Å². The molecule has 0 atom stereocenters. The molecular weight excluding hydrogens is 434 g/mol. The second kappa shape index (κ2) is 8.93. The minimum absolute atomic E-state index is 0.0304. The number of hydrogen-bond donors (Lipinski definition) is 2. The number of nitrogen functional groups attached to an aromatic ring is 1. The summed E-state index contributed by atoms with van der Waals surface area (Å²) in [6, 6.07) is 12.8. The minimum Gasteiger partial charge on any atom is -0.497 e. The van der Waals surface area contributed by atoms with E-state index in [0.29, 0.717) is 11.3 Å². The largest absolute Gasteiger partial charge is 0.497 e. The van der Waals surface area contributed by atoms with Gasteiger partial charge in [-0.05, 0) is 28.5 Å². The molecule has 4 rings (SSSR count). The van der Waals surface area contributed by atoms with Crippen LogP contribution in [0.2, 0.25) is 0 Å². The predicted molar refractivity (Wildman–Crippen MR) is 114 cm³/mol. The highest BCUT2D eigenvalue weighted by molar-refractivity contribution is 5.99. The highest BCUT2D eigenvalue weighted by atomic mass is 16.6. The van der Waals surface area contributed by atoms with Crippen LogP contribution in [-0.4, -0.2) is 49.5 Å². The van der Waals surface area contributed by atoms with Gasteiger partial charge in [0, 0.05) is 11.6 Å². The first-order chi connectivity index (χ1) is 16.0. The minimum atomic E-state index is -0.732. The number of ether oxygens (including phenoxy) is 1. The first kappa shape index (κ1) is 21.1. The summed E-state index contributed by atoms with van der Waals surface area (Å²) >= 11 is 0. The molecule has 0 aliphatic heterocycles. The van der Waals surface area contributed by atoms with Crippen LogP contribution in [0.4, 0.5) is 11.5 Å². The number of nitrogens with one attached hydrogen (secondary N) is 1. The number of hydrazone groups is 1. The molecule has 0 aliphatic rings. The highest BCUT2D eigenvalue weighted by Gasteiger charge is 2.25. The molecule has 0 saturated carbocycles. The maximum Gasteiger partial charge on any atom is 0.294 e. The summed E-state index contributed by atoms with van der Waals surface area (Å²) in [4.78, 5) is 23.5. The Bertz CT molecular complexity index is 1360. The van der Waals surface area contributed by atoms with Crippen LogP contribution in [0, 0.1) is 10.1 Å². The van der Waals surface area contributed by atoms with E-state index in [2.05, 4.69) is 35.8 Å². The van der Waals surface area contributed by atoms with Crippen LogP contribution in [-0.2, 0) is 0 Å². The number of rotatable bonds is 7. The van der Waals surface area contributed by atoms with Gasteiger partial charge in [0.1, 0.15) is 11.4 Å². The number of para-hydroxylation sites is 1. The third kappa shape index (κ3) is 4.20. The monoisotopic (exact) mass is 449 g/mol. The van der Waals surface area contributed by atoms with Crippen molar-refractivity contribution in [1.29, 1.82) is 0 Å². The van der Waals surface area contributed by atoms with E-state index >= 15 is 0 Å². The Hall–Kier alpha value is -5.14. The van der Waals surface area contributed by atoms with Crippen LogP contribution in [0.15, 0.2) is 58.3 Å². The number of nitrogens with zero attached hydrogens (tertiary/aromatic N) is 7. The first-order valence-corrected chi connectivity index (χ1v) is 9.25. The van der Waals surface area contributed by atoms with Gasteiger partial charge in [-0.25, -0.2) is 10.1 Å². The number of carbonyl (C=O) groups excluding carboxylic acids is 1. The fraction of sp³-hybridized carbons (Fsp3) is 0.0526. The van der Waals surface area contributed by atoms with Gasteiger partial charge in [0.15, 0.2) is 5.69 Å². The Labute approximate surface area is 184 Å². The van der Waals surface area contributed by atoms with Gasteiger partial charge in [-0.3, -0.25) is 14.9 Å². The zero-order valence-corrected chi connectivity index (χ0v) is 16.9. The van der Waals surface area contributed by atoms with Gasteiger partial charge in [-0.2, -0.15) is 9.78 Å². The molecule has 2 aromatic carbocycles. The summed E-state index contributed by atoms with van der Waals surface area (Å²) in [5.41, 5.74) is 8.74. The molecule has 0 saturated heterocycles. The molecule has 0 aliphatic carbocycles. The van der Waals surface area contributed by atoms with E-state index in [9.17, 15) is 14.9 Å². The number of anilines is 1. The van der Waals surface area contributed by atoms with Crippen LogP contribution >= 0.6 is 0 Å². The summed E-state index contributed by atoms with van der Waals surface area (Å²) in [5.74, 6) is -0.246. The van der Waals surface area contributed by atoms with Gasteiger partial charge in [0.25, 0.3) is 11.6 Å². The molecule has 14 nitrogen and oxygen atoms in total. The van der Waals surface area contributed by atoms with E-state index in [1.165, 1.54) is 30.0 Å². The summed E-state index contributed by atoms with van der Waals surface area (Å²) in [6.07, 6.45) is 1.16. The molecule has 0 unspecified atom stereocenters. The van der Waals surface area contributed by atoms with Crippen LogP contribution in [0.1, 0.15) is 16.1 Å². The molecule has 3 N–H and O–H groups in total. The normalized spacial score (nSPS) is 10.9. The topological polar surface area (TPSA) is 189 Å². The van der Waals surface area contributed by atoms with Crippen molar-refractivity contribution >= 4 is 23.6 Å². The molecule has 2 heterocycles. The van der Waals surface area contributed by atoms with Gasteiger partial charge in [0.05, 0.1) is 23.8 Å². The predicted octanol–water partition coefficient (Wildman–Crippen LogP) is 1.58. The first-order valence-electron chi connectivity index (χ1n) is 9.25. The Balaban J connectivity index is 1.70. The molecule has 1 amide bonds. The molecule has 0 radical (unpaired) electrons. The lowest BCUT2D eigenvalue weighted by atomic mass is 10.1. The number of amides is 1. The number of hydrogen-bond acceptors (Lipinski definition) is 11. The number of nitrogens with two attached hydrogens (primary N) is 1. The lowest BCUT2D eigenvalue weighted by Crippen LogP contribution is -2.19. The van der Waals surface area contributed by atoms with Crippen molar-refractivity contribution in [3.63, 3.8) is 0 Å². The molecule has 4 aromatic rings. The number of carbonyl (C=O) groups is 1. The molecular formula is C19H15N9O5. The van der Waals surface area contributed by atoms with Gasteiger partial charge >= 0.3 is 0 Å². The fourth-order valence-corrected chi connectivity index (χ4v) is 2.93. The second-order valence-corrected chi connectivity index (χ2v) is 6.42. The van der Waals surface area contributed by atoms with Crippen molar-refractivity contribution in [2.24, 2.45) is 5.10 Å². The SMILES string of the molecule is COc1cccc(-c2c(C(=O)N/N=C/c3ccccc3[N+](=O)[O-])nnn2-c2nonc2N)c1. The smallest absolute Gasteiger partial charge is 0.294 e. The summed E-state index contributed by atoms with van der Waals surface area (Å²) in [5, 5.41) is 30.1. The van der Waals surface area contributed by atoms with Crippen LogP contribution in [0.3, 0.4) is 0 Å². The van der Waals surface area contributed by atoms with Gasteiger partial charge in [-0.1, -0.05) is 29.5 Å². The fourth-order valence-electron chi connectivity index (χ4n) is 2.93. The number of aromatic nitrogens is 5. The number of methoxy groups -OCH3 is 1. The zero-order chi connectivity index (χ0) is 23.4. The summed E-state index contributed by atoms with van der Waals surface area (Å²) in [7, 11) is 1.50. The quantitative estimate of drug-likeness (QED) is 0.238.